The van der Waals surface area contributed by atoms with Crippen molar-refractivity contribution < 1.29 is 28.9 Å². The van der Waals surface area contributed by atoms with Gasteiger partial charge in [-0.25, -0.2) is 0 Å². The molecule has 0 aliphatic heterocycles. The lowest BCUT2D eigenvalue weighted by Gasteiger charge is -2.22. The van der Waals surface area contributed by atoms with E-state index in [1.165, 1.54) is 6.08 Å². The van der Waals surface area contributed by atoms with Crippen LogP contribution >= 0.6 is 0 Å². The third-order valence-electron chi connectivity index (χ3n) is 5.00. The molecule has 1 aliphatic carbocycles. The molecule has 0 heterocycles. The maximum Gasteiger partial charge on any atom is 0.291 e. The highest BCUT2D eigenvalue weighted by Gasteiger charge is 2.41. The van der Waals surface area contributed by atoms with Crippen LogP contribution in [0.15, 0.2) is 24.3 Å². The van der Waals surface area contributed by atoms with Gasteiger partial charge in [0.2, 0.25) is 0 Å². The number of aliphatic hydroxyl groups is 3. The summed E-state index contributed by atoms with van der Waals surface area (Å²) < 4.78 is 28.1. The Morgan fingerprint density at radius 2 is 1.88 bits per heavy atom. The molecule has 4 nitrogen and oxygen atoms in total. The molecular weight excluding hydrogens is 342 g/mol. The van der Waals surface area contributed by atoms with Gasteiger partial charge in [-0.1, -0.05) is 38.0 Å². The Morgan fingerprint density at radius 1 is 1.15 bits per heavy atom. The molecule has 0 aromatic rings. The molecular formula is C20H32F2O4. The molecule has 0 radical (unpaired) electrons. The summed E-state index contributed by atoms with van der Waals surface area (Å²) in [7, 11) is 0. The molecule has 0 saturated heterocycles. The fourth-order valence-corrected chi connectivity index (χ4v) is 3.34. The first kappa shape index (κ1) is 22.9. The van der Waals surface area contributed by atoms with E-state index in [-0.39, 0.29) is 18.8 Å². The first-order valence-corrected chi connectivity index (χ1v) is 9.53. The van der Waals surface area contributed by atoms with Crippen LogP contribution in [0, 0.1) is 11.8 Å². The van der Waals surface area contributed by atoms with Crippen LogP contribution in [0.3, 0.4) is 0 Å². The van der Waals surface area contributed by atoms with Gasteiger partial charge in [-0.05, 0) is 37.7 Å². The van der Waals surface area contributed by atoms with Crippen molar-refractivity contribution in [2.45, 2.75) is 82.5 Å². The minimum Gasteiger partial charge on any atom is -0.393 e. The number of carbonyl (C=O) groups is 1. The van der Waals surface area contributed by atoms with Crippen molar-refractivity contribution in [1.29, 1.82) is 0 Å². The Hall–Kier alpha value is -1.11. The smallest absolute Gasteiger partial charge is 0.291 e. The van der Waals surface area contributed by atoms with Gasteiger partial charge in [0.05, 0.1) is 12.2 Å². The molecule has 1 fully saturated rings. The minimum absolute atomic E-state index is 0.0244. The van der Waals surface area contributed by atoms with Gasteiger partial charge >= 0.3 is 0 Å². The van der Waals surface area contributed by atoms with Crippen LogP contribution in [0.2, 0.25) is 0 Å². The SMILES string of the molecule is CCCCC(O)C(F)(F)/C=C/[C@@H]1[C@@H](C/C=C\CCCC=O)[C@@H](O)C[C@H]1O. The fourth-order valence-electron chi connectivity index (χ4n) is 3.34. The highest BCUT2D eigenvalue weighted by Crippen LogP contribution is 2.37. The Morgan fingerprint density at radius 3 is 2.54 bits per heavy atom. The molecule has 6 heteroatoms. The Bertz CT molecular complexity index is 465. The number of allylic oxidation sites excluding steroid dienone is 2. The van der Waals surface area contributed by atoms with Crippen molar-refractivity contribution >= 4 is 6.29 Å². The largest absolute Gasteiger partial charge is 0.393 e. The summed E-state index contributed by atoms with van der Waals surface area (Å²) in [6, 6.07) is 0. The molecule has 0 amide bonds. The number of alkyl halides is 2. The van der Waals surface area contributed by atoms with E-state index < -0.39 is 30.2 Å². The van der Waals surface area contributed by atoms with E-state index in [9.17, 15) is 28.9 Å². The van der Waals surface area contributed by atoms with E-state index in [0.717, 1.165) is 25.5 Å². The molecule has 1 aliphatic rings. The summed E-state index contributed by atoms with van der Waals surface area (Å²) in [5.74, 6) is -4.27. The molecule has 150 valence electrons. The number of aliphatic hydroxyl groups excluding tert-OH is 3. The molecule has 1 unspecified atom stereocenters. The highest BCUT2D eigenvalue weighted by atomic mass is 19.3. The van der Waals surface area contributed by atoms with Crippen LogP contribution in [0.4, 0.5) is 8.78 Å². The van der Waals surface area contributed by atoms with Crippen molar-refractivity contribution in [2.24, 2.45) is 11.8 Å². The second kappa shape index (κ2) is 11.6. The quantitative estimate of drug-likeness (QED) is 0.278. The summed E-state index contributed by atoms with van der Waals surface area (Å²) in [5, 5.41) is 29.9. The molecule has 5 atom stereocenters. The van der Waals surface area contributed by atoms with Crippen molar-refractivity contribution in [1.82, 2.24) is 0 Å². The van der Waals surface area contributed by atoms with Gasteiger partial charge < -0.3 is 20.1 Å². The van der Waals surface area contributed by atoms with E-state index in [4.69, 9.17) is 0 Å². The number of halogens is 2. The topological polar surface area (TPSA) is 77.8 Å². The van der Waals surface area contributed by atoms with Crippen LogP contribution in [-0.2, 0) is 4.79 Å². The van der Waals surface area contributed by atoms with Crippen LogP contribution in [0.1, 0.15) is 58.3 Å². The van der Waals surface area contributed by atoms with Crippen molar-refractivity contribution in [2.75, 3.05) is 0 Å². The number of hydrogen-bond acceptors (Lipinski definition) is 4. The normalized spacial score (nSPS) is 28.2. The second-order valence-electron chi connectivity index (χ2n) is 7.11. The molecule has 3 N–H and O–H groups in total. The molecule has 0 aromatic carbocycles. The average Bonchev–Trinajstić information content (AvgIpc) is 2.87. The summed E-state index contributed by atoms with van der Waals surface area (Å²) in [4.78, 5) is 10.3. The zero-order valence-electron chi connectivity index (χ0n) is 15.4. The van der Waals surface area contributed by atoms with Crippen LogP contribution in [-0.4, -0.2) is 45.8 Å². The fraction of sp³-hybridized carbons (Fsp3) is 0.750. The third kappa shape index (κ3) is 7.25. The zero-order chi connectivity index (χ0) is 19.6. The van der Waals surface area contributed by atoms with E-state index in [2.05, 4.69) is 0 Å². The predicted octanol–water partition coefficient (Wildman–Crippen LogP) is 3.40. The number of unbranched alkanes of at least 4 members (excludes halogenated alkanes) is 3. The van der Waals surface area contributed by atoms with Gasteiger partial charge in [0.15, 0.2) is 0 Å². The Balaban J connectivity index is 2.66. The average molecular weight is 374 g/mol. The van der Waals surface area contributed by atoms with Crippen LogP contribution in [0.25, 0.3) is 0 Å². The number of carbonyl (C=O) groups excluding carboxylic acids is 1. The molecule has 1 rings (SSSR count). The first-order valence-electron chi connectivity index (χ1n) is 9.53. The predicted molar refractivity (Wildman–Crippen MR) is 96.9 cm³/mol. The zero-order valence-corrected chi connectivity index (χ0v) is 15.4. The molecule has 0 bridgehead atoms. The van der Waals surface area contributed by atoms with Crippen LogP contribution in [0.5, 0.6) is 0 Å². The third-order valence-corrected chi connectivity index (χ3v) is 5.00. The Kier molecular flexibility index (Phi) is 10.2. The summed E-state index contributed by atoms with van der Waals surface area (Å²) in [6.45, 7) is 1.87. The standard InChI is InChI=1S/C20H32F2O4/c1-2-3-10-19(26)20(21,22)12-11-16-15(17(24)14-18(16)25)9-7-5-4-6-8-13-23/h5,7,11-13,15-19,24-26H,2-4,6,8-10,14H2,1H3/b7-5-,12-11+/t15-,16-,17+,18-,19?/m1/s1. The van der Waals surface area contributed by atoms with Gasteiger partial charge in [-0.2, -0.15) is 8.78 Å². The van der Waals surface area contributed by atoms with Gasteiger partial charge in [0.25, 0.3) is 5.92 Å². The van der Waals surface area contributed by atoms with Crippen molar-refractivity contribution in [3.8, 4) is 0 Å². The van der Waals surface area contributed by atoms with Crippen LogP contribution < -0.4 is 0 Å². The van der Waals surface area contributed by atoms with Gasteiger partial charge in [-0.15, -0.1) is 0 Å². The van der Waals surface area contributed by atoms with E-state index >= 15 is 0 Å². The molecule has 0 spiro atoms. The lowest BCUT2D eigenvalue weighted by molar-refractivity contribution is -0.107. The number of aldehydes is 1. The summed E-state index contributed by atoms with van der Waals surface area (Å²) in [5.41, 5.74) is 0. The number of hydrogen-bond donors (Lipinski definition) is 3. The van der Waals surface area contributed by atoms with Gasteiger partial charge in [-0.3, -0.25) is 0 Å². The first-order chi connectivity index (χ1) is 12.3. The summed E-state index contributed by atoms with van der Waals surface area (Å²) >= 11 is 0. The van der Waals surface area contributed by atoms with Gasteiger partial charge in [0, 0.05) is 18.8 Å². The summed E-state index contributed by atoms with van der Waals surface area (Å²) in [6.07, 6.45) is 7.09. The molecule has 26 heavy (non-hydrogen) atoms. The van der Waals surface area contributed by atoms with Crippen molar-refractivity contribution in [3.05, 3.63) is 24.3 Å². The maximum atomic E-state index is 14.0. The van der Waals surface area contributed by atoms with E-state index in [1.807, 2.05) is 19.1 Å². The lowest BCUT2D eigenvalue weighted by Crippen LogP contribution is -2.32. The van der Waals surface area contributed by atoms with E-state index in [1.54, 1.807) is 0 Å². The number of rotatable bonds is 12. The highest BCUT2D eigenvalue weighted by molar-refractivity contribution is 5.49. The Labute approximate surface area is 154 Å². The maximum absolute atomic E-state index is 14.0. The second-order valence-corrected chi connectivity index (χ2v) is 7.11. The van der Waals surface area contributed by atoms with Gasteiger partial charge in [0.1, 0.15) is 12.4 Å². The monoisotopic (exact) mass is 374 g/mol. The molecule has 0 aromatic heterocycles. The van der Waals surface area contributed by atoms with Crippen molar-refractivity contribution in [3.63, 3.8) is 0 Å². The lowest BCUT2D eigenvalue weighted by atomic mass is 9.89. The molecule has 1 saturated carbocycles. The minimum atomic E-state index is -3.35. The van der Waals surface area contributed by atoms with E-state index in [0.29, 0.717) is 25.3 Å².